The van der Waals surface area contributed by atoms with E-state index < -0.39 is 10.0 Å². The minimum atomic E-state index is -3.60. The lowest BCUT2D eigenvalue weighted by atomic mass is 10.2. The maximum Gasteiger partial charge on any atom is 0.255 e. The predicted molar refractivity (Wildman–Crippen MR) is 90.3 cm³/mol. The third-order valence-electron chi connectivity index (χ3n) is 3.95. The summed E-state index contributed by atoms with van der Waals surface area (Å²) in [6.45, 7) is 2.98. The van der Waals surface area contributed by atoms with Gasteiger partial charge in [-0.1, -0.05) is 11.6 Å². The van der Waals surface area contributed by atoms with Crippen molar-refractivity contribution in [3.05, 3.63) is 28.8 Å². The van der Waals surface area contributed by atoms with E-state index in [4.69, 9.17) is 11.6 Å². The van der Waals surface area contributed by atoms with Crippen LogP contribution in [-0.4, -0.2) is 75.8 Å². The van der Waals surface area contributed by atoms with Crippen LogP contribution in [-0.2, 0) is 10.0 Å². The third kappa shape index (κ3) is 4.03. The first-order valence-electron chi connectivity index (χ1n) is 7.43. The van der Waals surface area contributed by atoms with Crippen molar-refractivity contribution < 1.29 is 13.2 Å². The molecular formula is C15H22ClN3O3S. The summed E-state index contributed by atoms with van der Waals surface area (Å²) in [6.07, 6.45) is 0.884. The molecular weight excluding hydrogens is 338 g/mol. The highest BCUT2D eigenvalue weighted by Gasteiger charge is 2.24. The maximum atomic E-state index is 12.7. The van der Waals surface area contributed by atoms with E-state index in [-0.39, 0.29) is 21.4 Å². The summed E-state index contributed by atoms with van der Waals surface area (Å²) in [7, 11) is 1.33. The predicted octanol–water partition coefficient (Wildman–Crippen LogP) is 1.37. The molecule has 2 rings (SSSR count). The van der Waals surface area contributed by atoms with Gasteiger partial charge >= 0.3 is 0 Å². The van der Waals surface area contributed by atoms with E-state index in [9.17, 15) is 13.2 Å². The van der Waals surface area contributed by atoms with Crippen LogP contribution in [0.4, 0.5) is 0 Å². The van der Waals surface area contributed by atoms with Crippen LogP contribution in [0.3, 0.4) is 0 Å². The molecule has 0 atom stereocenters. The monoisotopic (exact) mass is 359 g/mol. The first kappa shape index (κ1) is 18.2. The van der Waals surface area contributed by atoms with Gasteiger partial charge in [0, 0.05) is 33.7 Å². The van der Waals surface area contributed by atoms with Gasteiger partial charge in [-0.2, -0.15) is 0 Å². The summed E-state index contributed by atoms with van der Waals surface area (Å²) in [4.78, 5) is 16.7. The van der Waals surface area contributed by atoms with E-state index >= 15 is 0 Å². The van der Waals surface area contributed by atoms with Crippen LogP contribution in [0.25, 0.3) is 0 Å². The Kier molecular flexibility index (Phi) is 5.67. The van der Waals surface area contributed by atoms with Gasteiger partial charge in [0.05, 0.1) is 15.5 Å². The van der Waals surface area contributed by atoms with Gasteiger partial charge in [0.1, 0.15) is 0 Å². The molecule has 8 heteroatoms. The van der Waals surface area contributed by atoms with Crippen molar-refractivity contribution in [3.8, 4) is 0 Å². The second kappa shape index (κ2) is 7.17. The molecule has 0 aromatic heterocycles. The maximum absolute atomic E-state index is 12.7. The lowest BCUT2D eigenvalue weighted by molar-refractivity contribution is 0.0762. The summed E-state index contributed by atoms with van der Waals surface area (Å²) >= 11 is 6.14. The average molecular weight is 360 g/mol. The summed E-state index contributed by atoms with van der Waals surface area (Å²) < 4.78 is 25.6. The Labute approximate surface area is 142 Å². The van der Waals surface area contributed by atoms with Gasteiger partial charge < -0.3 is 9.80 Å². The third-order valence-corrected chi connectivity index (χ3v) is 6.09. The molecule has 0 N–H and O–H groups in total. The van der Waals surface area contributed by atoms with Crippen LogP contribution >= 0.6 is 11.6 Å². The number of nitrogens with zero attached hydrogens (tertiary/aromatic N) is 3. The van der Waals surface area contributed by atoms with E-state index in [0.29, 0.717) is 13.1 Å². The zero-order chi connectivity index (χ0) is 17.2. The topological polar surface area (TPSA) is 60.9 Å². The fourth-order valence-electron chi connectivity index (χ4n) is 2.46. The van der Waals surface area contributed by atoms with Crippen LogP contribution in [0.2, 0.25) is 5.02 Å². The molecule has 1 amide bonds. The number of benzene rings is 1. The highest BCUT2D eigenvalue weighted by Crippen LogP contribution is 2.24. The van der Waals surface area contributed by atoms with Gasteiger partial charge in [0.2, 0.25) is 10.0 Å². The summed E-state index contributed by atoms with van der Waals surface area (Å²) in [6, 6.07) is 4.26. The van der Waals surface area contributed by atoms with E-state index in [1.165, 1.54) is 32.3 Å². The molecule has 0 unspecified atom stereocenters. The molecule has 1 aliphatic heterocycles. The molecule has 1 aromatic carbocycles. The van der Waals surface area contributed by atoms with Crippen LogP contribution < -0.4 is 0 Å². The van der Waals surface area contributed by atoms with Gasteiger partial charge in [-0.3, -0.25) is 4.79 Å². The van der Waals surface area contributed by atoms with E-state index in [0.717, 1.165) is 23.8 Å². The van der Waals surface area contributed by atoms with Crippen molar-refractivity contribution in [2.75, 3.05) is 47.3 Å². The van der Waals surface area contributed by atoms with Crippen LogP contribution in [0.1, 0.15) is 16.8 Å². The first-order valence-corrected chi connectivity index (χ1v) is 9.25. The molecule has 128 valence electrons. The zero-order valence-electron chi connectivity index (χ0n) is 13.6. The van der Waals surface area contributed by atoms with Crippen LogP contribution in [0.5, 0.6) is 0 Å². The Hall–Kier alpha value is -1.15. The first-order chi connectivity index (χ1) is 10.7. The van der Waals surface area contributed by atoms with Crippen molar-refractivity contribution in [1.82, 2.24) is 14.1 Å². The van der Waals surface area contributed by atoms with Gasteiger partial charge in [0.15, 0.2) is 0 Å². The van der Waals surface area contributed by atoms with Crippen molar-refractivity contribution >= 4 is 27.5 Å². The van der Waals surface area contributed by atoms with Crippen molar-refractivity contribution in [2.24, 2.45) is 0 Å². The number of hydrogen-bond acceptors (Lipinski definition) is 4. The van der Waals surface area contributed by atoms with Crippen molar-refractivity contribution in [2.45, 2.75) is 11.3 Å². The van der Waals surface area contributed by atoms with Crippen molar-refractivity contribution in [3.63, 3.8) is 0 Å². The van der Waals surface area contributed by atoms with Gasteiger partial charge in [-0.05, 0) is 38.2 Å². The number of hydrogen-bond donors (Lipinski definition) is 0. The smallest absolute Gasteiger partial charge is 0.255 e. The number of halogens is 1. The highest BCUT2D eigenvalue weighted by atomic mass is 35.5. The fraction of sp³-hybridized carbons (Fsp3) is 0.533. The molecule has 0 spiro atoms. The number of carbonyl (C=O) groups is 1. The van der Waals surface area contributed by atoms with Gasteiger partial charge in [-0.25, -0.2) is 12.7 Å². The molecule has 1 aromatic rings. The molecule has 1 heterocycles. The SMILES string of the molecule is CN1CCCN(C(=O)c2cc(S(=O)(=O)N(C)C)ccc2Cl)CC1. The number of carbonyl (C=O) groups excluding carboxylic acids is 1. The Balaban J connectivity index is 2.33. The molecule has 0 saturated carbocycles. The minimum absolute atomic E-state index is 0.0715. The zero-order valence-corrected chi connectivity index (χ0v) is 15.2. The molecule has 23 heavy (non-hydrogen) atoms. The van der Waals surface area contributed by atoms with E-state index in [2.05, 4.69) is 4.90 Å². The molecule has 1 aliphatic rings. The Morgan fingerprint density at radius 1 is 1.17 bits per heavy atom. The molecule has 1 fully saturated rings. The fourth-order valence-corrected chi connectivity index (χ4v) is 3.59. The molecule has 0 aliphatic carbocycles. The number of sulfonamides is 1. The summed E-state index contributed by atoms with van der Waals surface area (Å²) in [5.41, 5.74) is 0.235. The largest absolute Gasteiger partial charge is 0.337 e. The molecule has 1 saturated heterocycles. The standard InChI is InChI=1S/C15H22ClN3O3S/c1-17(2)23(21,22)12-5-6-14(16)13(11-12)15(20)19-8-4-7-18(3)9-10-19/h5-6,11H,4,7-10H2,1-3H3. The molecule has 6 nitrogen and oxygen atoms in total. The lowest BCUT2D eigenvalue weighted by Gasteiger charge is -2.21. The Morgan fingerprint density at radius 2 is 1.87 bits per heavy atom. The second-order valence-corrected chi connectivity index (χ2v) is 8.44. The minimum Gasteiger partial charge on any atom is -0.337 e. The quantitative estimate of drug-likeness (QED) is 0.817. The highest BCUT2D eigenvalue weighted by molar-refractivity contribution is 7.89. The second-order valence-electron chi connectivity index (χ2n) is 5.88. The summed E-state index contributed by atoms with van der Waals surface area (Å²) in [5, 5.41) is 0.269. The van der Waals surface area contributed by atoms with E-state index in [1.807, 2.05) is 7.05 Å². The normalized spacial score (nSPS) is 17.3. The number of likely N-dealkylation sites (N-methyl/N-ethyl adjacent to an activating group) is 1. The Morgan fingerprint density at radius 3 is 2.52 bits per heavy atom. The number of rotatable bonds is 3. The van der Waals surface area contributed by atoms with E-state index in [1.54, 1.807) is 4.90 Å². The molecule has 0 bridgehead atoms. The van der Waals surface area contributed by atoms with Gasteiger partial charge in [0.25, 0.3) is 5.91 Å². The average Bonchev–Trinajstić information content (AvgIpc) is 2.71. The van der Waals surface area contributed by atoms with Crippen LogP contribution in [0, 0.1) is 0 Å². The number of amides is 1. The summed E-state index contributed by atoms with van der Waals surface area (Å²) in [5.74, 6) is -0.221. The van der Waals surface area contributed by atoms with Crippen molar-refractivity contribution in [1.29, 1.82) is 0 Å². The van der Waals surface area contributed by atoms with Gasteiger partial charge in [-0.15, -0.1) is 0 Å². The lowest BCUT2D eigenvalue weighted by Crippen LogP contribution is -2.34. The molecule has 0 radical (unpaired) electrons. The Bertz CT molecular complexity index is 691. The van der Waals surface area contributed by atoms with Crippen LogP contribution in [0.15, 0.2) is 23.1 Å².